The molecule has 0 spiro atoms. The van der Waals surface area contributed by atoms with Gasteiger partial charge in [-0.2, -0.15) is 4.68 Å². The maximum Gasteiger partial charge on any atom is 0.348 e. The lowest BCUT2D eigenvalue weighted by molar-refractivity contribution is 0.101. The van der Waals surface area contributed by atoms with Gasteiger partial charge in [-0.15, -0.1) is 5.10 Å². The average molecular weight is 340 g/mol. The Morgan fingerprint density at radius 2 is 1.88 bits per heavy atom. The molecule has 0 radical (unpaired) electrons. The van der Waals surface area contributed by atoms with Crippen LogP contribution in [0.15, 0.2) is 53.3 Å². The van der Waals surface area contributed by atoms with Crippen LogP contribution in [0.25, 0.3) is 5.69 Å². The third-order valence-electron chi connectivity index (χ3n) is 3.49. The number of carbonyl (C=O) groups is 1. The van der Waals surface area contributed by atoms with Crippen molar-refractivity contribution in [3.8, 4) is 17.2 Å². The SMILES string of the molecule is COc1ccc(OC)c(NC(=O)c2nn(-c3ccccc3)c(=O)[nH]2)c1. The second kappa shape index (κ2) is 6.91. The van der Waals surface area contributed by atoms with Crippen molar-refractivity contribution in [2.45, 2.75) is 0 Å². The van der Waals surface area contributed by atoms with Crippen molar-refractivity contribution in [3.63, 3.8) is 0 Å². The van der Waals surface area contributed by atoms with Crippen molar-refractivity contribution in [1.82, 2.24) is 14.8 Å². The van der Waals surface area contributed by atoms with Crippen LogP contribution in [0, 0.1) is 0 Å². The number of methoxy groups -OCH3 is 2. The number of hydrogen-bond donors (Lipinski definition) is 2. The smallest absolute Gasteiger partial charge is 0.348 e. The Kier molecular flexibility index (Phi) is 4.51. The van der Waals surface area contributed by atoms with Crippen molar-refractivity contribution >= 4 is 11.6 Å². The molecule has 3 rings (SSSR count). The molecule has 1 heterocycles. The van der Waals surface area contributed by atoms with Gasteiger partial charge in [-0.05, 0) is 24.3 Å². The zero-order valence-corrected chi connectivity index (χ0v) is 13.6. The Morgan fingerprint density at radius 1 is 1.12 bits per heavy atom. The van der Waals surface area contributed by atoms with Crippen LogP contribution < -0.4 is 20.5 Å². The maximum atomic E-state index is 12.4. The molecule has 25 heavy (non-hydrogen) atoms. The van der Waals surface area contributed by atoms with Gasteiger partial charge in [0.25, 0.3) is 5.91 Å². The van der Waals surface area contributed by atoms with Crippen LogP contribution in [0.3, 0.4) is 0 Å². The Hall–Kier alpha value is -3.55. The van der Waals surface area contributed by atoms with Crippen molar-refractivity contribution in [2.24, 2.45) is 0 Å². The topological polar surface area (TPSA) is 98.2 Å². The molecule has 0 saturated carbocycles. The van der Waals surface area contributed by atoms with E-state index in [1.54, 1.807) is 42.5 Å². The minimum Gasteiger partial charge on any atom is -0.497 e. The Labute approximate surface area is 143 Å². The number of nitrogens with zero attached hydrogens (tertiary/aromatic N) is 2. The molecular weight excluding hydrogens is 324 g/mol. The van der Waals surface area contributed by atoms with Gasteiger partial charge in [0.1, 0.15) is 11.5 Å². The Morgan fingerprint density at radius 3 is 2.56 bits per heavy atom. The predicted molar refractivity (Wildman–Crippen MR) is 91.7 cm³/mol. The van der Waals surface area contributed by atoms with Crippen LogP contribution in [-0.4, -0.2) is 34.9 Å². The Balaban J connectivity index is 1.89. The van der Waals surface area contributed by atoms with Crippen LogP contribution >= 0.6 is 0 Å². The molecular formula is C17H16N4O4. The van der Waals surface area contributed by atoms with Crippen molar-refractivity contribution in [2.75, 3.05) is 19.5 Å². The first-order valence-electron chi connectivity index (χ1n) is 7.40. The number of ether oxygens (including phenoxy) is 2. The lowest BCUT2D eigenvalue weighted by atomic mass is 10.2. The van der Waals surface area contributed by atoms with E-state index in [4.69, 9.17) is 9.47 Å². The highest BCUT2D eigenvalue weighted by molar-refractivity contribution is 6.02. The molecule has 0 aliphatic rings. The van der Waals surface area contributed by atoms with E-state index in [0.717, 1.165) is 4.68 Å². The van der Waals surface area contributed by atoms with Crippen LogP contribution in [0.5, 0.6) is 11.5 Å². The van der Waals surface area contributed by atoms with Crippen LogP contribution in [-0.2, 0) is 0 Å². The fourth-order valence-electron chi connectivity index (χ4n) is 2.26. The quantitative estimate of drug-likeness (QED) is 0.738. The van der Waals surface area contributed by atoms with E-state index < -0.39 is 11.6 Å². The molecule has 1 amide bonds. The van der Waals surface area contributed by atoms with E-state index in [2.05, 4.69) is 15.4 Å². The van der Waals surface area contributed by atoms with E-state index in [-0.39, 0.29) is 5.82 Å². The van der Waals surface area contributed by atoms with Gasteiger partial charge >= 0.3 is 5.69 Å². The zero-order chi connectivity index (χ0) is 17.8. The summed E-state index contributed by atoms with van der Waals surface area (Å²) in [6, 6.07) is 13.8. The summed E-state index contributed by atoms with van der Waals surface area (Å²) in [5.41, 5.74) is 0.456. The largest absolute Gasteiger partial charge is 0.497 e. The van der Waals surface area contributed by atoms with Gasteiger partial charge < -0.3 is 14.8 Å². The van der Waals surface area contributed by atoms with Crippen molar-refractivity contribution < 1.29 is 14.3 Å². The minimum absolute atomic E-state index is 0.112. The van der Waals surface area contributed by atoms with Gasteiger partial charge in [-0.3, -0.25) is 9.78 Å². The molecule has 1 aromatic heterocycles. The highest BCUT2D eigenvalue weighted by atomic mass is 16.5. The fraction of sp³-hybridized carbons (Fsp3) is 0.118. The van der Waals surface area contributed by atoms with Gasteiger partial charge in [0.2, 0.25) is 5.82 Å². The first-order chi connectivity index (χ1) is 12.1. The van der Waals surface area contributed by atoms with E-state index in [1.165, 1.54) is 14.2 Å². The van der Waals surface area contributed by atoms with Crippen molar-refractivity contribution in [1.29, 1.82) is 0 Å². The number of amides is 1. The lowest BCUT2D eigenvalue weighted by Crippen LogP contribution is -2.16. The standard InChI is InChI=1S/C17H16N4O4/c1-24-12-8-9-14(25-2)13(10-12)18-16(22)15-19-17(23)21(20-15)11-6-4-3-5-7-11/h3-10H,1-2H3,(H,18,22)(H,19,20,23). The van der Waals surface area contributed by atoms with Gasteiger partial charge in [0.15, 0.2) is 0 Å². The summed E-state index contributed by atoms with van der Waals surface area (Å²) in [7, 11) is 3.01. The third-order valence-corrected chi connectivity index (χ3v) is 3.49. The summed E-state index contributed by atoms with van der Waals surface area (Å²) >= 11 is 0. The lowest BCUT2D eigenvalue weighted by Gasteiger charge is -2.10. The molecule has 0 aliphatic carbocycles. The molecule has 8 nitrogen and oxygen atoms in total. The zero-order valence-electron chi connectivity index (χ0n) is 13.6. The first kappa shape index (κ1) is 16.3. The molecule has 128 valence electrons. The highest BCUT2D eigenvalue weighted by Gasteiger charge is 2.16. The average Bonchev–Trinajstić information content (AvgIpc) is 3.04. The van der Waals surface area contributed by atoms with E-state index in [0.29, 0.717) is 22.9 Å². The first-order valence-corrected chi connectivity index (χ1v) is 7.40. The molecule has 0 saturated heterocycles. The Bertz CT molecular complexity index is 947. The fourth-order valence-corrected chi connectivity index (χ4v) is 2.26. The third kappa shape index (κ3) is 3.37. The second-order valence-corrected chi connectivity index (χ2v) is 5.05. The summed E-state index contributed by atoms with van der Waals surface area (Å²) in [4.78, 5) is 26.9. The van der Waals surface area contributed by atoms with Crippen LogP contribution in [0.2, 0.25) is 0 Å². The van der Waals surface area contributed by atoms with E-state index >= 15 is 0 Å². The summed E-state index contributed by atoms with van der Waals surface area (Å²) in [6.45, 7) is 0. The molecule has 3 aromatic rings. The molecule has 2 aromatic carbocycles. The summed E-state index contributed by atoms with van der Waals surface area (Å²) in [6.07, 6.45) is 0. The summed E-state index contributed by atoms with van der Waals surface area (Å²) < 4.78 is 11.5. The van der Waals surface area contributed by atoms with Gasteiger partial charge in [0.05, 0.1) is 25.6 Å². The molecule has 8 heteroatoms. The molecule has 0 unspecified atom stereocenters. The molecule has 0 fully saturated rings. The van der Waals surface area contributed by atoms with Crippen LogP contribution in [0.1, 0.15) is 10.6 Å². The van der Waals surface area contributed by atoms with Gasteiger partial charge in [-0.1, -0.05) is 18.2 Å². The van der Waals surface area contributed by atoms with Gasteiger partial charge in [0, 0.05) is 6.07 Å². The number of hydrogen-bond acceptors (Lipinski definition) is 5. The summed E-state index contributed by atoms with van der Waals surface area (Å²) in [5, 5.41) is 6.69. The number of rotatable bonds is 5. The monoisotopic (exact) mass is 340 g/mol. The predicted octanol–water partition coefficient (Wildman–Crippen LogP) is 1.83. The second-order valence-electron chi connectivity index (χ2n) is 5.05. The van der Waals surface area contributed by atoms with Crippen LogP contribution in [0.4, 0.5) is 5.69 Å². The van der Waals surface area contributed by atoms with Crippen molar-refractivity contribution in [3.05, 3.63) is 64.8 Å². The normalized spacial score (nSPS) is 10.3. The minimum atomic E-state index is -0.571. The number of aromatic nitrogens is 3. The van der Waals surface area contributed by atoms with E-state index in [1.807, 2.05) is 6.07 Å². The highest BCUT2D eigenvalue weighted by Crippen LogP contribution is 2.29. The molecule has 0 aliphatic heterocycles. The number of benzene rings is 2. The number of nitrogens with one attached hydrogen (secondary N) is 2. The maximum absolute atomic E-state index is 12.4. The van der Waals surface area contributed by atoms with E-state index in [9.17, 15) is 9.59 Å². The number of anilines is 1. The number of carbonyl (C=O) groups excluding carboxylic acids is 1. The summed E-state index contributed by atoms with van der Waals surface area (Å²) in [5.74, 6) is 0.329. The number of aromatic amines is 1. The van der Waals surface area contributed by atoms with Gasteiger partial charge in [-0.25, -0.2) is 4.79 Å². The number of para-hydroxylation sites is 1. The molecule has 0 bridgehead atoms. The molecule has 2 N–H and O–H groups in total. The molecule has 0 atom stereocenters. The number of H-pyrrole nitrogens is 1.